The van der Waals surface area contributed by atoms with Gasteiger partial charge in [-0.2, -0.15) is 5.26 Å². The zero-order chi connectivity index (χ0) is 34.0. The van der Waals surface area contributed by atoms with E-state index in [9.17, 15) is 5.26 Å². The fraction of sp³-hybridized carbons (Fsp3) is 0.224. The van der Waals surface area contributed by atoms with Crippen LogP contribution in [-0.2, 0) is 0 Å². The topological polar surface area (TPSA) is 45.3 Å². The van der Waals surface area contributed by atoms with Crippen LogP contribution in [0.15, 0.2) is 109 Å². The van der Waals surface area contributed by atoms with Crippen molar-refractivity contribution in [2.24, 2.45) is 11.8 Å². The van der Waals surface area contributed by atoms with Gasteiger partial charge in [0.25, 0.3) is 0 Å². The molecule has 2 atom stereocenters. The number of rotatable bonds is 1. The monoisotopic (exact) mass is 666 g/mol. The van der Waals surface area contributed by atoms with Crippen LogP contribution in [0.25, 0.3) is 49.2 Å². The van der Waals surface area contributed by atoms with Crippen molar-refractivity contribution in [1.82, 2.24) is 4.40 Å². The third-order valence-electron chi connectivity index (χ3n) is 14.2. The predicted octanol–water partition coefficient (Wildman–Crippen LogP) is 11.6. The van der Waals surface area contributed by atoms with E-state index >= 15 is 4.79 Å². The van der Waals surface area contributed by atoms with Crippen LogP contribution in [-0.4, -0.2) is 10.2 Å². The average molecular weight is 667 g/mol. The molecule has 0 amide bonds. The molecule has 246 valence electrons. The summed E-state index contributed by atoms with van der Waals surface area (Å²) in [4.78, 5) is 15.0. The highest BCUT2D eigenvalue weighted by atomic mass is 16.1. The molecule has 0 saturated heterocycles. The van der Waals surface area contributed by atoms with Crippen molar-refractivity contribution in [3.8, 4) is 17.2 Å². The Labute approximate surface area is 301 Å². The van der Waals surface area contributed by atoms with E-state index in [0.29, 0.717) is 11.8 Å². The fourth-order valence-electron chi connectivity index (χ4n) is 12.5. The van der Waals surface area contributed by atoms with Gasteiger partial charge in [0.15, 0.2) is 5.78 Å². The third-order valence-corrected chi connectivity index (χ3v) is 14.2. The number of carbonyl (C=O) groups excluding carboxylic acids is 1. The maximum atomic E-state index is 15.0. The van der Waals surface area contributed by atoms with Crippen molar-refractivity contribution < 1.29 is 4.79 Å². The molecule has 6 aromatic carbocycles. The lowest BCUT2D eigenvalue weighted by atomic mass is 9.67. The average Bonchev–Trinajstić information content (AvgIpc) is 3.54. The number of nitriles is 1. The quantitative estimate of drug-likeness (QED) is 0.175. The SMILES string of the molecule is N#Cc1cc2c(c3c1C1CC4CC(C1)CC3C4)c1cc(-c3ccccc3)cc3c4cc5c(cc4n2c31)C(=O)C1c2ccccc2C5c2ccccc21. The lowest BCUT2D eigenvalue weighted by Gasteiger charge is -2.38. The summed E-state index contributed by atoms with van der Waals surface area (Å²) in [6.07, 6.45) is 6.29. The molecule has 2 unspecified atom stereocenters. The van der Waals surface area contributed by atoms with Crippen molar-refractivity contribution >= 4 is 43.9 Å². The Kier molecular flexibility index (Phi) is 5.15. The summed E-state index contributed by atoms with van der Waals surface area (Å²) in [5.74, 6) is 2.35. The molecular formula is C49H34N2O. The standard InChI is InChI=1S/C49H34N2O/c50-24-31-21-42-47(44-30-17-25-14-26(18-30)16-29(15-25)43(31)44)40-20-28(27-8-2-1-3-9-27)19-38-36-22-37-39(23-41(36)51(42)48(38)40)49(52)46-34-12-6-4-10-32(34)45(37)33-11-5-7-13-35(33)46/h1-13,19-23,25-26,29-30,45-46H,14-18H2. The van der Waals surface area contributed by atoms with Gasteiger partial charge in [0.1, 0.15) is 0 Å². The zero-order valence-corrected chi connectivity index (χ0v) is 28.7. The molecule has 7 aliphatic carbocycles. The normalized spacial score (nSPS) is 24.9. The summed E-state index contributed by atoms with van der Waals surface area (Å²) in [6, 6.07) is 42.4. The molecule has 2 aromatic heterocycles. The largest absolute Gasteiger partial charge is 0.308 e. The van der Waals surface area contributed by atoms with Crippen molar-refractivity contribution in [3.05, 3.63) is 159 Å². The van der Waals surface area contributed by atoms with Gasteiger partial charge in [-0.05, 0) is 136 Å². The zero-order valence-electron chi connectivity index (χ0n) is 28.7. The van der Waals surface area contributed by atoms with Crippen molar-refractivity contribution in [1.29, 1.82) is 5.26 Å². The van der Waals surface area contributed by atoms with Crippen LogP contribution in [0.1, 0.15) is 111 Å². The van der Waals surface area contributed by atoms with E-state index < -0.39 is 0 Å². The second-order valence-electron chi connectivity index (χ2n) is 16.6. The van der Waals surface area contributed by atoms with Crippen LogP contribution in [0.2, 0.25) is 0 Å². The van der Waals surface area contributed by atoms with E-state index in [-0.39, 0.29) is 17.6 Å². The number of Topliss-reactive ketones (excluding diaryl/α,β-unsaturated/α-hetero) is 1. The number of fused-ring (bicyclic) bond motifs is 6. The molecule has 2 fully saturated rings. The minimum atomic E-state index is -0.315. The lowest BCUT2D eigenvalue weighted by molar-refractivity contribution is 0.0974. The van der Waals surface area contributed by atoms with Gasteiger partial charge in [0.2, 0.25) is 0 Å². The molecule has 0 N–H and O–H groups in total. The second-order valence-corrected chi connectivity index (χ2v) is 16.6. The first-order valence-electron chi connectivity index (χ1n) is 19.2. The van der Waals surface area contributed by atoms with E-state index in [0.717, 1.165) is 50.7 Å². The highest BCUT2D eigenvalue weighted by Crippen LogP contribution is 2.60. The number of nitrogens with zero attached hydrogens (tertiary/aromatic N) is 2. The number of carbonyl (C=O) groups is 1. The van der Waals surface area contributed by atoms with Gasteiger partial charge in [0, 0.05) is 33.0 Å². The van der Waals surface area contributed by atoms with Gasteiger partial charge in [0.05, 0.1) is 34.1 Å². The Morgan fingerprint density at radius 3 is 1.85 bits per heavy atom. The van der Waals surface area contributed by atoms with Crippen LogP contribution < -0.4 is 0 Å². The number of aromatic nitrogens is 1. The lowest BCUT2D eigenvalue weighted by Crippen LogP contribution is -2.25. The molecule has 15 rings (SSSR count). The maximum Gasteiger partial charge on any atom is 0.175 e. The molecule has 3 heteroatoms. The number of benzene rings is 6. The van der Waals surface area contributed by atoms with Crippen molar-refractivity contribution in [3.63, 3.8) is 0 Å². The maximum absolute atomic E-state index is 15.0. The first-order valence-corrected chi connectivity index (χ1v) is 19.2. The summed E-state index contributed by atoms with van der Waals surface area (Å²) in [7, 11) is 0. The van der Waals surface area contributed by atoms with Crippen molar-refractivity contribution in [2.45, 2.75) is 55.8 Å². The molecule has 0 spiro atoms. The van der Waals surface area contributed by atoms with E-state index in [1.54, 1.807) is 0 Å². The molecular weight excluding hydrogens is 633 g/mol. The van der Waals surface area contributed by atoms with Crippen LogP contribution in [0.3, 0.4) is 0 Å². The molecule has 7 aliphatic rings. The van der Waals surface area contributed by atoms with Crippen LogP contribution in [0.5, 0.6) is 0 Å². The summed E-state index contributed by atoms with van der Waals surface area (Å²) in [5, 5.41) is 15.9. The van der Waals surface area contributed by atoms with Gasteiger partial charge < -0.3 is 4.40 Å². The van der Waals surface area contributed by atoms with Gasteiger partial charge >= 0.3 is 0 Å². The van der Waals surface area contributed by atoms with E-state index in [4.69, 9.17) is 0 Å². The Balaban J connectivity index is 1.20. The minimum absolute atomic E-state index is 0.00778. The van der Waals surface area contributed by atoms with E-state index in [1.165, 1.54) is 92.5 Å². The Morgan fingerprint density at radius 1 is 0.558 bits per heavy atom. The first-order chi connectivity index (χ1) is 25.6. The molecule has 0 aliphatic heterocycles. The van der Waals surface area contributed by atoms with Gasteiger partial charge in [-0.3, -0.25) is 4.79 Å². The predicted molar refractivity (Wildman–Crippen MR) is 207 cm³/mol. The summed E-state index contributed by atoms with van der Waals surface area (Å²) < 4.78 is 2.45. The van der Waals surface area contributed by atoms with E-state index in [1.807, 2.05) is 0 Å². The number of hydrogen-bond donors (Lipinski definition) is 0. The third kappa shape index (κ3) is 3.31. The summed E-state index contributed by atoms with van der Waals surface area (Å²) in [6.45, 7) is 0. The molecule has 2 saturated carbocycles. The Morgan fingerprint density at radius 2 is 1.17 bits per heavy atom. The van der Waals surface area contributed by atoms with Crippen LogP contribution in [0, 0.1) is 23.2 Å². The molecule has 2 heterocycles. The van der Waals surface area contributed by atoms with Crippen LogP contribution >= 0.6 is 0 Å². The smallest absolute Gasteiger partial charge is 0.175 e. The first kappa shape index (κ1) is 27.9. The fourth-order valence-corrected chi connectivity index (χ4v) is 12.5. The van der Waals surface area contributed by atoms with Crippen molar-refractivity contribution in [2.75, 3.05) is 0 Å². The highest BCUT2D eigenvalue weighted by Gasteiger charge is 2.46. The highest BCUT2D eigenvalue weighted by molar-refractivity contribution is 6.26. The molecule has 0 radical (unpaired) electrons. The van der Waals surface area contributed by atoms with Crippen LogP contribution in [0.4, 0.5) is 0 Å². The molecule has 8 aromatic rings. The molecule has 6 bridgehead atoms. The Bertz CT molecular complexity index is 2900. The Hall–Kier alpha value is -5.72. The number of ketones is 1. The second kappa shape index (κ2) is 9.58. The van der Waals surface area contributed by atoms with Gasteiger partial charge in [-0.1, -0.05) is 78.9 Å². The van der Waals surface area contributed by atoms with E-state index in [2.05, 4.69) is 120 Å². The summed E-state index contributed by atoms with van der Waals surface area (Å²) >= 11 is 0. The molecule has 3 nitrogen and oxygen atoms in total. The molecule has 52 heavy (non-hydrogen) atoms. The minimum Gasteiger partial charge on any atom is -0.308 e. The van der Waals surface area contributed by atoms with Gasteiger partial charge in [-0.15, -0.1) is 0 Å². The number of hydrogen-bond acceptors (Lipinski definition) is 2. The summed E-state index contributed by atoms with van der Waals surface area (Å²) in [5.41, 5.74) is 16.3. The van der Waals surface area contributed by atoms with Gasteiger partial charge in [-0.25, -0.2) is 0 Å².